The molecule has 11 saturated heterocycles. The molecule has 0 radical (unpaired) electrons. The van der Waals surface area contributed by atoms with Crippen molar-refractivity contribution in [3.05, 3.63) is 0 Å². The van der Waals surface area contributed by atoms with Crippen LogP contribution in [-0.4, -0.2) is 229 Å². The van der Waals surface area contributed by atoms with Crippen molar-refractivity contribution < 1.29 is 22.7 Å². The van der Waals surface area contributed by atoms with Gasteiger partial charge in [0.15, 0.2) is 0 Å². The van der Waals surface area contributed by atoms with E-state index in [1.165, 1.54) is 212 Å². The Labute approximate surface area is 660 Å². The molecule has 0 aliphatic carbocycles. The maximum Gasteiger partial charge on any atom is 0.219 e. The van der Waals surface area contributed by atoms with E-state index in [4.69, 9.17) is 4.74 Å². The van der Waals surface area contributed by atoms with Gasteiger partial charge in [-0.25, -0.2) is 12.7 Å². The maximum atomic E-state index is 11.1. The lowest BCUT2D eigenvalue weighted by Gasteiger charge is -2.38. The molecular weight excluding hydrogens is 1340 g/mol. The van der Waals surface area contributed by atoms with E-state index >= 15 is 0 Å². The topological polar surface area (TPSA) is 124 Å². The summed E-state index contributed by atoms with van der Waals surface area (Å²) < 4.78 is 29.0. The molecule has 0 aromatic heterocycles. The van der Waals surface area contributed by atoms with E-state index in [2.05, 4.69) is 229 Å². The maximum absolute atomic E-state index is 11.1. The predicted octanol–water partition coefficient (Wildman–Crippen LogP) is 19.7. The number of sulfonamides is 1. The molecule has 0 aromatic carbocycles. The number of amides is 2. The number of piperidine rings is 9. The summed E-state index contributed by atoms with van der Waals surface area (Å²) >= 11 is 2.10. The molecule has 11 aliphatic rings. The molecule has 14 nitrogen and oxygen atoms in total. The lowest BCUT2D eigenvalue weighted by atomic mass is 9.82. The van der Waals surface area contributed by atoms with Crippen LogP contribution in [0.5, 0.6) is 0 Å². The summed E-state index contributed by atoms with van der Waals surface area (Å²) in [5, 5.41) is 6.72. The Morgan fingerprint density at radius 3 is 1.04 bits per heavy atom. The van der Waals surface area contributed by atoms with Crippen molar-refractivity contribution in [1.29, 1.82) is 0 Å². The molecule has 0 bridgehead atoms. The fourth-order valence-corrected chi connectivity index (χ4v) is 17.2. The minimum atomic E-state index is -2.94. The van der Waals surface area contributed by atoms with E-state index in [1.54, 1.807) is 18.2 Å². The summed E-state index contributed by atoms with van der Waals surface area (Å²) in [5.74, 6) is 3.21. The molecule has 0 atom stereocenters. The SMILES string of the molecule is CC(=O)N1CCC(C)(C)CC1.CC(=O)N1CCCC(C)(C)C1.CC(C)N1CCC(C)(C)CC1.CC1(C)CCCNC1.CC1(C)CCN(S(C)(=O)=O)CC1.CC1(C)CCNCC1.CC1(C)CCOCC1.CC1(C)CCSCC1.CCN1CCC(C)(C)CC1.CN1CCC(C)(C)CC1.CN1CCCC(C)(C)C1. The van der Waals surface area contributed by atoms with Crippen LogP contribution in [0.1, 0.15) is 328 Å². The molecule has 16 heteroatoms. The van der Waals surface area contributed by atoms with E-state index in [9.17, 15) is 18.0 Å². The van der Waals surface area contributed by atoms with E-state index in [1.807, 2.05) is 9.80 Å². The number of rotatable bonds is 3. The Bertz CT molecular complexity index is 2290. The van der Waals surface area contributed by atoms with Crippen LogP contribution in [0.25, 0.3) is 0 Å². The fourth-order valence-electron chi connectivity index (χ4n) is 14.8. The average Bonchev–Trinajstić information content (AvgIpc) is 0.842. The fraction of sp³-hybridized carbons (Fsp3) is 0.978. The van der Waals surface area contributed by atoms with E-state index in [-0.39, 0.29) is 11.8 Å². The molecule has 105 heavy (non-hydrogen) atoms. The van der Waals surface area contributed by atoms with Gasteiger partial charge in [0.2, 0.25) is 21.8 Å². The third-order valence-electron chi connectivity index (χ3n) is 24.9. The van der Waals surface area contributed by atoms with E-state index in [0.29, 0.717) is 72.7 Å². The number of likely N-dealkylation sites (tertiary alicyclic amines) is 6. The van der Waals surface area contributed by atoms with Gasteiger partial charge < -0.3 is 44.8 Å². The quantitative estimate of drug-likeness (QED) is 0.280. The van der Waals surface area contributed by atoms with Crippen molar-refractivity contribution in [2.24, 2.45) is 59.6 Å². The molecular formula is C89H183N9O5S2. The minimum Gasteiger partial charge on any atom is -0.381 e. The number of carbonyl (C=O) groups is 2. The molecule has 2 amide bonds. The summed E-state index contributed by atoms with van der Waals surface area (Å²) in [6.45, 7) is 84.6. The third kappa shape index (κ3) is 51.3. The largest absolute Gasteiger partial charge is 0.381 e. The van der Waals surface area contributed by atoms with Gasteiger partial charge in [-0.2, -0.15) is 11.8 Å². The van der Waals surface area contributed by atoms with Crippen LogP contribution in [0.3, 0.4) is 0 Å². The van der Waals surface area contributed by atoms with Gasteiger partial charge >= 0.3 is 0 Å². The van der Waals surface area contributed by atoms with Gasteiger partial charge in [-0.1, -0.05) is 159 Å². The lowest BCUT2D eigenvalue weighted by Crippen LogP contribution is -2.42. The van der Waals surface area contributed by atoms with Crippen LogP contribution in [-0.2, 0) is 24.3 Å². The molecule has 11 aliphatic heterocycles. The number of thioether (sulfide) groups is 1. The second-order valence-corrected chi connectivity index (χ2v) is 46.2. The average molecular weight is 1520 g/mol. The second kappa shape index (κ2) is 47.6. The van der Waals surface area contributed by atoms with Gasteiger partial charge in [0.1, 0.15) is 0 Å². The van der Waals surface area contributed by atoms with Gasteiger partial charge in [-0.15, -0.1) is 0 Å². The third-order valence-corrected chi connectivity index (χ3v) is 27.2. The number of hydrogen-bond acceptors (Lipinski definition) is 12. The van der Waals surface area contributed by atoms with E-state index < -0.39 is 10.0 Å². The van der Waals surface area contributed by atoms with Gasteiger partial charge in [0.05, 0.1) is 6.26 Å². The number of carbonyl (C=O) groups excluding carboxylic acids is 2. The van der Waals surface area contributed by atoms with Crippen molar-refractivity contribution in [2.45, 2.75) is 334 Å². The van der Waals surface area contributed by atoms with Crippen LogP contribution >= 0.6 is 11.8 Å². The Balaban J connectivity index is 0.000000579. The first-order valence-electron chi connectivity index (χ1n) is 42.9. The molecule has 11 fully saturated rings. The Morgan fingerprint density at radius 2 is 0.762 bits per heavy atom. The first-order valence-corrected chi connectivity index (χ1v) is 45.9. The van der Waals surface area contributed by atoms with Crippen LogP contribution < -0.4 is 10.6 Å². The molecule has 0 saturated carbocycles. The normalized spacial score (nSPS) is 26.4. The van der Waals surface area contributed by atoms with Crippen molar-refractivity contribution in [2.75, 3.05) is 169 Å². The first-order chi connectivity index (χ1) is 48.0. The molecule has 0 aromatic rings. The number of hydrogen-bond donors (Lipinski definition) is 2. The van der Waals surface area contributed by atoms with Crippen molar-refractivity contribution >= 4 is 33.6 Å². The van der Waals surface area contributed by atoms with Crippen LogP contribution in [0.2, 0.25) is 0 Å². The van der Waals surface area contributed by atoms with Gasteiger partial charge in [-0.3, -0.25) is 9.59 Å². The zero-order chi connectivity index (χ0) is 80.4. The standard InChI is InChI=1S/C10H21N.2C9H17NO.C9H19N.C8H17NO2S.2C8H17N.2C7H15N.C7H14O.C7H14S/c1-9(2)11-7-5-10(3,4)6-8-11;1-8(11)10-6-4-9(2,3)5-7-10;1-8(11)10-6-4-5-9(2,3)7-10;1-4-10-7-5-9(2,3)6-8-10;1-8(2)4-6-9(7-5-8)12(3,10)11;1-8(2)4-6-9(3)7-5-8;1-8(2)5-4-6-9(3)7-8;1-7(2)3-5-8-6-4-7;1-7(2)4-3-5-8-6-7;2*1-7(2)3-5-8-6-4-7/h9H,5-8H2,1-4H3;2*4-7H2,1-3H3;4-8H2,1-3H3;4-7H2,1-3H3;2*4-7H2,1-3H3;2*8H,3-6H2,1-2H3;2*3-6H2,1-2H3. The van der Waals surface area contributed by atoms with Crippen molar-refractivity contribution in [3.8, 4) is 0 Å². The molecule has 11 heterocycles. The molecule has 0 unspecified atom stereocenters. The zero-order valence-electron chi connectivity index (χ0n) is 75.9. The molecule has 11 rings (SSSR count). The highest BCUT2D eigenvalue weighted by Crippen LogP contribution is 2.37. The highest BCUT2D eigenvalue weighted by Gasteiger charge is 2.33. The summed E-state index contributed by atoms with van der Waals surface area (Å²) in [6, 6.07) is 0.742. The van der Waals surface area contributed by atoms with Crippen LogP contribution in [0.4, 0.5) is 0 Å². The van der Waals surface area contributed by atoms with E-state index in [0.717, 1.165) is 77.5 Å². The predicted molar refractivity (Wildman–Crippen MR) is 462 cm³/mol. The second-order valence-electron chi connectivity index (χ2n) is 43.0. The minimum absolute atomic E-state index is 0.220. The molecule has 0 spiro atoms. The monoisotopic (exact) mass is 1520 g/mol. The van der Waals surface area contributed by atoms with Gasteiger partial charge in [-0.05, 0) is 312 Å². The molecule has 2 N–H and O–H groups in total. The first kappa shape index (κ1) is 102. The van der Waals surface area contributed by atoms with Gasteiger partial charge in [0.25, 0.3) is 0 Å². The zero-order valence-corrected chi connectivity index (χ0v) is 77.5. The van der Waals surface area contributed by atoms with Crippen LogP contribution in [0.15, 0.2) is 0 Å². The highest BCUT2D eigenvalue weighted by molar-refractivity contribution is 7.99. The summed E-state index contributed by atoms with van der Waals surface area (Å²) in [5.41, 5.74) is 5.92. The summed E-state index contributed by atoms with van der Waals surface area (Å²) in [6.07, 6.45) is 29.6. The number of ether oxygens (including phenoxy) is 1. The van der Waals surface area contributed by atoms with Gasteiger partial charge in [0, 0.05) is 85.5 Å². The number of nitrogens with one attached hydrogen (secondary N) is 2. The van der Waals surface area contributed by atoms with Crippen LogP contribution in [0, 0.1) is 59.6 Å². The Kier molecular flexibility index (Phi) is 46.2. The molecule has 626 valence electrons. The summed E-state index contributed by atoms with van der Waals surface area (Å²) in [4.78, 5) is 35.8. The smallest absolute Gasteiger partial charge is 0.219 e. The summed E-state index contributed by atoms with van der Waals surface area (Å²) in [7, 11) is 1.47. The van der Waals surface area contributed by atoms with Crippen molar-refractivity contribution in [3.63, 3.8) is 0 Å². The highest BCUT2D eigenvalue weighted by atomic mass is 32.2. The Morgan fingerprint density at radius 1 is 0.390 bits per heavy atom. The number of nitrogens with zero attached hydrogens (tertiary/aromatic N) is 7. The lowest BCUT2D eigenvalue weighted by molar-refractivity contribution is -0.132. The Hall–Kier alpha value is -1.08. The van der Waals surface area contributed by atoms with Crippen molar-refractivity contribution in [1.82, 2.24) is 44.3 Å².